The van der Waals surface area contributed by atoms with Crippen molar-refractivity contribution in [2.24, 2.45) is 5.92 Å². The zero-order chi connectivity index (χ0) is 14.2. The van der Waals surface area contributed by atoms with Gasteiger partial charge in [0.05, 0.1) is 6.10 Å². The van der Waals surface area contributed by atoms with Gasteiger partial charge in [-0.25, -0.2) is 4.39 Å². The summed E-state index contributed by atoms with van der Waals surface area (Å²) in [5.41, 5.74) is 0.434. The van der Waals surface area contributed by atoms with Crippen LogP contribution in [-0.2, 0) is 4.79 Å². The number of nitrogens with zero attached hydrogens (tertiary/aromatic N) is 1. The molecule has 1 aromatic rings. The molecule has 2 atom stereocenters. The molecule has 2 rings (SSSR count). The number of likely N-dealkylation sites (tertiary alicyclic amines) is 1. The Hall–Kier alpha value is -1.42. The van der Waals surface area contributed by atoms with Crippen LogP contribution in [0.4, 0.5) is 4.39 Å². The topological polar surface area (TPSA) is 40.5 Å². The van der Waals surface area contributed by atoms with Crippen molar-refractivity contribution in [1.29, 1.82) is 0 Å². The quantitative estimate of drug-likeness (QED) is 0.892. The highest BCUT2D eigenvalue weighted by Crippen LogP contribution is 2.34. The van der Waals surface area contributed by atoms with Crippen LogP contribution in [0, 0.1) is 11.7 Å². The molecule has 1 heterocycles. The molecular formula is C15H20FNO2. The summed E-state index contributed by atoms with van der Waals surface area (Å²) in [4.78, 5) is 13.8. The molecule has 1 fully saturated rings. The summed E-state index contributed by atoms with van der Waals surface area (Å²) in [5.74, 6) is -0.384. The van der Waals surface area contributed by atoms with Crippen molar-refractivity contribution in [2.75, 3.05) is 6.54 Å². The number of hydrogen-bond donors (Lipinski definition) is 1. The van der Waals surface area contributed by atoms with Gasteiger partial charge in [-0.2, -0.15) is 0 Å². The van der Waals surface area contributed by atoms with E-state index in [0.717, 1.165) is 0 Å². The molecule has 104 valence electrons. The minimum absolute atomic E-state index is 0.0682. The normalized spacial score (nSPS) is 21.8. The first-order chi connectivity index (χ1) is 8.79. The van der Waals surface area contributed by atoms with Crippen LogP contribution in [0.1, 0.15) is 38.9 Å². The van der Waals surface area contributed by atoms with Gasteiger partial charge in [-0.3, -0.25) is 4.79 Å². The highest BCUT2D eigenvalue weighted by Gasteiger charge is 2.39. The molecular weight excluding hydrogens is 245 g/mol. The van der Waals surface area contributed by atoms with Gasteiger partial charge in [0, 0.05) is 24.4 Å². The van der Waals surface area contributed by atoms with Crippen molar-refractivity contribution < 1.29 is 14.3 Å². The van der Waals surface area contributed by atoms with E-state index < -0.39 is 6.10 Å². The average molecular weight is 265 g/mol. The first kappa shape index (κ1) is 14.0. The van der Waals surface area contributed by atoms with E-state index in [9.17, 15) is 14.3 Å². The Morgan fingerprint density at radius 2 is 1.89 bits per heavy atom. The minimum atomic E-state index is -0.725. The van der Waals surface area contributed by atoms with Crippen LogP contribution in [0.15, 0.2) is 24.3 Å². The first-order valence-electron chi connectivity index (χ1n) is 6.53. The van der Waals surface area contributed by atoms with Gasteiger partial charge < -0.3 is 10.0 Å². The van der Waals surface area contributed by atoms with Gasteiger partial charge in [-0.15, -0.1) is 0 Å². The summed E-state index contributed by atoms with van der Waals surface area (Å²) >= 11 is 0. The van der Waals surface area contributed by atoms with Gasteiger partial charge in [0.1, 0.15) is 5.82 Å². The third kappa shape index (κ3) is 2.95. The molecule has 1 aliphatic rings. The van der Waals surface area contributed by atoms with Crippen LogP contribution in [0.25, 0.3) is 0 Å². The van der Waals surface area contributed by atoms with Gasteiger partial charge in [0.2, 0.25) is 5.91 Å². The summed E-state index contributed by atoms with van der Waals surface area (Å²) in [6, 6.07) is 5.81. The number of rotatable bonds is 2. The number of carbonyl (C=O) groups is 1. The Labute approximate surface area is 113 Å². The minimum Gasteiger partial charge on any atom is -0.388 e. The molecule has 0 aliphatic carbocycles. The molecule has 1 aliphatic heterocycles. The maximum Gasteiger partial charge on any atom is 0.223 e. The molecule has 1 saturated heterocycles. The molecule has 4 heteroatoms. The first-order valence-corrected chi connectivity index (χ1v) is 6.53. The Balaban J connectivity index is 2.12. The van der Waals surface area contributed by atoms with Crippen molar-refractivity contribution in [3.63, 3.8) is 0 Å². The predicted octanol–water partition coefficient (Wildman–Crippen LogP) is 2.51. The highest BCUT2D eigenvalue weighted by atomic mass is 19.1. The fraction of sp³-hybridized carbons (Fsp3) is 0.533. The Morgan fingerprint density at radius 3 is 2.37 bits per heavy atom. The molecule has 0 saturated carbocycles. The Bertz CT molecular complexity index is 464. The van der Waals surface area contributed by atoms with Gasteiger partial charge in [0.15, 0.2) is 0 Å². The van der Waals surface area contributed by atoms with E-state index in [2.05, 4.69) is 0 Å². The summed E-state index contributed by atoms with van der Waals surface area (Å²) in [6.07, 6.45) is -0.382. The average Bonchev–Trinajstić information content (AvgIpc) is 2.71. The zero-order valence-corrected chi connectivity index (χ0v) is 11.6. The summed E-state index contributed by atoms with van der Waals surface area (Å²) < 4.78 is 12.9. The standard InChI is InChI=1S/C15H20FNO2/c1-15(2,3)17-9-11(8-13(17)18)14(19)10-4-6-12(16)7-5-10/h4-7,11,14,19H,8-9H2,1-3H3. The van der Waals surface area contributed by atoms with Crippen LogP contribution in [0.5, 0.6) is 0 Å². The van der Waals surface area contributed by atoms with E-state index in [4.69, 9.17) is 0 Å². The Morgan fingerprint density at radius 1 is 1.32 bits per heavy atom. The van der Waals surface area contributed by atoms with Gasteiger partial charge in [0.25, 0.3) is 0 Å². The number of benzene rings is 1. The third-order valence-corrected chi connectivity index (χ3v) is 3.62. The summed E-state index contributed by atoms with van der Waals surface area (Å²) in [7, 11) is 0. The number of amides is 1. The largest absolute Gasteiger partial charge is 0.388 e. The fourth-order valence-electron chi connectivity index (χ4n) is 2.53. The van der Waals surface area contributed by atoms with E-state index in [1.165, 1.54) is 12.1 Å². The fourth-order valence-corrected chi connectivity index (χ4v) is 2.53. The monoisotopic (exact) mass is 265 g/mol. The van der Waals surface area contributed by atoms with Gasteiger partial charge >= 0.3 is 0 Å². The number of aliphatic hydroxyl groups is 1. The van der Waals surface area contributed by atoms with Crippen molar-refractivity contribution in [3.05, 3.63) is 35.6 Å². The molecule has 19 heavy (non-hydrogen) atoms. The Kier molecular flexibility index (Phi) is 3.63. The van der Waals surface area contributed by atoms with Crippen molar-refractivity contribution >= 4 is 5.91 Å². The van der Waals surface area contributed by atoms with Crippen molar-refractivity contribution in [3.8, 4) is 0 Å². The molecule has 1 aromatic carbocycles. The van der Waals surface area contributed by atoms with Crippen LogP contribution >= 0.6 is 0 Å². The molecule has 2 unspecified atom stereocenters. The molecule has 0 spiro atoms. The summed E-state index contributed by atoms with van der Waals surface area (Å²) in [6.45, 7) is 6.49. The molecule has 0 radical (unpaired) electrons. The van der Waals surface area contributed by atoms with E-state index >= 15 is 0 Å². The maximum atomic E-state index is 12.9. The van der Waals surface area contributed by atoms with E-state index in [1.807, 2.05) is 20.8 Å². The number of hydrogen-bond acceptors (Lipinski definition) is 2. The second-order valence-corrected chi connectivity index (χ2v) is 6.14. The SMILES string of the molecule is CC(C)(C)N1CC(C(O)c2ccc(F)cc2)CC1=O. The van der Waals surface area contributed by atoms with Crippen LogP contribution in [-0.4, -0.2) is 28.0 Å². The van der Waals surface area contributed by atoms with Gasteiger partial charge in [-0.05, 0) is 38.5 Å². The molecule has 1 N–H and O–H groups in total. The van der Waals surface area contributed by atoms with Gasteiger partial charge in [-0.1, -0.05) is 12.1 Å². The van der Waals surface area contributed by atoms with E-state index in [1.54, 1.807) is 17.0 Å². The van der Waals surface area contributed by atoms with E-state index in [0.29, 0.717) is 18.5 Å². The molecule has 0 aromatic heterocycles. The van der Waals surface area contributed by atoms with Crippen molar-refractivity contribution in [1.82, 2.24) is 4.90 Å². The molecule has 1 amide bonds. The predicted molar refractivity (Wildman–Crippen MR) is 70.9 cm³/mol. The second-order valence-electron chi connectivity index (χ2n) is 6.14. The lowest BCUT2D eigenvalue weighted by Crippen LogP contribution is -2.42. The number of carbonyl (C=O) groups excluding carboxylic acids is 1. The second kappa shape index (κ2) is 4.93. The maximum absolute atomic E-state index is 12.9. The third-order valence-electron chi connectivity index (χ3n) is 3.62. The van der Waals surface area contributed by atoms with Crippen LogP contribution in [0.3, 0.4) is 0 Å². The smallest absolute Gasteiger partial charge is 0.223 e. The number of aliphatic hydroxyl groups excluding tert-OH is 1. The summed E-state index contributed by atoms with van der Waals surface area (Å²) in [5, 5.41) is 10.3. The van der Waals surface area contributed by atoms with Crippen LogP contribution in [0.2, 0.25) is 0 Å². The van der Waals surface area contributed by atoms with Crippen molar-refractivity contribution in [2.45, 2.75) is 38.8 Å². The number of halogens is 1. The lowest BCUT2D eigenvalue weighted by atomic mass is 9.95. The molecule has 3 nitrogen and oxygen atoms in total. The molecule has 0 bridgehead atoms. The van der Waals surface area contributed by atoms with E-state index in [-0.39, 0.29) is 23.2 Å². The zero-order valence-electron chi connectivity index (χ0n) is 11.6. The highest BCUT2D eigenvalue weighted by molar-refractivity contribution is 5.79. The lowest BCUT2D eigenvalue weighted by molar-refractivity contribution is -0.131. The van der Waals surface area contributed by atoms with Crippen LogP contribution < -0.4 is 0 Å². The lowest BCUT2D eigenvalue weighted by Gasteiger charge is -2.32.